The third kappa shape index (κ3) is 5.71. The molecule has 5 aromatic rings. The molecule has 1 heterocycles. The lowest BCUT2D eigenvalue weighted by atomic mass is 9.94. The molecule has 39 heavy (non-hydrogen) atoms. The van der Waals surface area contributed by atoms with E-state index in [0.29, 0.717) is 12.1 Å². The smallest absolute Gasteiger partial charge is 0.185 e. The molecule has 4 heteroatoms. The van der Waals surface area contributed by atoms with Crippen molar-refractivity contribution in [2.75, 3.05) is 6.54 Å². The number of aryl methyl sites for hydroxylation is 2. The van der Waals surface area contributed by atoms with E-state index in [1.807, 2.05) is 25.1 Å². The second-order valence-corrected chi connectivity index (χ2v) is 10.8. The maximum Gasteiger partial charge on any atom is 0.185 e. The van der Waals surface area contributed by atoms with Gasteiger partial charge in [0.25, 0.3) is 0 Å². The topological polar surface area (TPSA) is 46.9 Å². The molecule has 4 aromatic carbocycles. The van der Waals surface area contributed by atoms with Gasteiger partial charge in [0.15, 0.2) is 5.78 Å². The number of carbonyl (C=O) groups excluding carboxylic acids is 1. The van der Waals surface area contributed by atoms with E-state index < -0.39 is 0 Å². The van der Waals surface area contributed by atoms with Gasteiger partial charge in [-0.3, -0.25) is 4.79 Å². The number of aromatic nitrogens is 2. The normalized spacial score (nSPS) is 14.0. The third-order valence-corrected chi connectivity index (χ3v) is 7.74. The number of nitrogens with zero attached hydrogens (tertiary/aromatic N) is 2. The van der Waals surface area contributed by atoms with Crippen molar-refractivity contribution in [2.24, 2.45) is 5.92 Å². The molecule has 4 nitrogen and oxygen atoms in total. The first kappa shape index (κ1) is 25.3. The van der Waals surface area contributed by atoms with E-state index in [1.54, 1.807) is 4.68 Å². The van der Waals surface area contributed by atoms with E-state index in [1.165, 1.54) is 40.3 Å². The summed E-state index contributed by atoms with van der Waals surface area (Å²) < 4.78 is 1.80. The summed E-state index contributed by atoms with van der Waals surface area (Å²) in [5.41, 5.74) is 7.09. The second kappa shape index (κ2) is 11.0. The Kier molecular flexibility index (Phi) is 7.12. The Bertz CT molecular complexity index is 1630. The molecular weight excluding hydrogens is 478 g/mol. The third-order valence-electron chi connectivity index (χ3n) is 7.74. The number of ketones is 1. The number of hydrogen-bond acceptors (Lipinski definition) is 3. The molecule has 0 spiro atoms. The van der Waals surface area contributed by atoms with Gasteiger partial charge in [0.05, 0.1) is 17.4 Å². The summed E-state index contributed by atoms with van der Waals surface area (Å²) in [5.74, 6) is 0.843. The van der Waals surface area contributed by atoms with Crippen molar-refractivity contribution in [3.8, 4) is 5.69 Å². The molecule has 196 valence electrons. The molecule has 1 N–H and O–H groups in total. The van der Waals surface area contributed by atoms with Gasteiger partial charge in [-0.2, -0.15) is 5.10 Å². The Labute approximate surface area is 230 Å². The molecular formula is C35H35N3O. The first-order valence-corrected chi connectivity index (χ1v) is 14.1. The molecule has 0 amide bonds. The molecule has 1 aliphatic rings. The summed E-state index contributed by atoms with van der Waals surface area (Å²) in [6, 6.07) is 34.0. The van der Waals surface area contributed by atoms with E-state index >= 15 is 0 Å². The van der Waals surface area contributed by atoms with Crippen molar-refractivity contribution in [2.45, 2.75) is 45.6 Å². The highest BCUT2D eigenvalue weighted by molar-refractivity contribution is 5.96. The van der Waals surface area contributed by atoms with Crippen LogP contribution in [0.25, 0.3) is 16.5 Å². The fourth-order valence-electron chi connectivity index (χ4n) is 5.38. The summed E-state index contributed by atoms with van der Waals surface area (Å²) in [4.78, 5) is 13.6. The van der Waals surface area contributed by atoms with Crippen LogP contribution in [0.4, 0.5) is 0 Å². The molecule has 1 aliphatic carbocycles. The molecule has 1 fully saturated rings. The highest BCUT2D eigenvalue weighted by Crippen LogP contribution is 2.31. The zero-order valence-corrected chi connectivity index (χ0v) is 22.7. The van der Waals surface area contributed by atoms with Crippen molar-refractivity contribution >= 4 is 16.6 Å². The van der Waals surface area contributed by atoms with Crippen molar-refractivity contribution in [3.63, 3.8) is 0 Å². The average molecular weight is 514 g/mol. The molecule has 1 aromatic heterocycles. The number of benzene rings is 4. The maximum atomic E-state index is 13.6. The minimum Gasteiger partial charge on any atom is -0.306 e. The van der Waals surface area contributed by atoms with Gasteiger partial charge in [0, 0.05) is 6.42 Å². The average Bonchev–Trinajstić information content (AvgIpc) is 3.71. The standard InChI is InChI=1S/C35H35N3O/c1-3-25-8-7-13-32(20-25)38-33(18-24(2)37-38)34(39)21-27-9-6-12-30(19-27)35(36-23-26-14-15-26)31-17-16-28-10-4-5-11-29(28)22-31/h4-13,16-20,22,26,35-36H,3,14-15,21,23H2,1-2H3. The Morgan fingerprint density at radius 2 is 1.64 bits per heavy atom. The number of Topliss-reactive ketones (excluding diaryl/α,β-unsaturated/α-hetero) is 1. The van der Waals surface area contributed by atoms with Crippen LogP contribution >= 0.6 is 0 Å². The van der Waals surface area contributed by atoms with E-state index in [9.17, 15) is 4.79 Å². The van der Waals surface area contributed by atoms with Crippen LogP contribution in [-0.2, 0) is 12.8 Å². The minimum atomic E-state index is 0.0721. The highest BCUT2D eigenvalue weighted by Gasteiger charge is 2.24. The van der Waals surface area contributed by atoms with Crippen molar-refractivity contribution in [1.29, 1.82) is 0 Å². The van der Waals surface area contributed by atoms with E-state index in [2.05, 4.69) is 96.2 Å². The molecule has 0 bridgehead atoms. The Morgan fingerprint density at radius 1 is 0.872 bits per heavy atom. The Morgan fingerprint density at radius 3 is 2.46 bits per heavy atom. The molecule has 1 unspecified atom stereocenters. The summed E-state index contributed by atoms with van der Waals surface area (Å²) in [6.07, 6.45) is 3.89. The Hall–Kier alpha value is -4.02. The molecule has 0 radical (unpaired) electrons. The van der Waals surface area contributed by atoms with Crippen LogP contribution in [0, 0.1) is 12.8 Å². The van der Waals surface area contributed by atoms with Crippen LogP contribution in [0.15, 0.2) is 97.1 Å². The number of nitrogens with one attached hydrogen (secondary N) is 1. The number of carbonyl (C=O) groups is 1. The lowest BCUT2D eigenvalue weighted by molar-refractivity contribution is 0.0985. The zero-order valence-electron chi connectivity index (χ0n) is 22.7. The summed E-state index contributed by atoms with van der Waals surface area (Å²) in [6.45, 7) is 5.09. The van der Waals surface area contributed by atoms with E-state index in [-0.39, 0.29) is 11.8 Å². The van der Waals surface area contributed by atoms with Gasteiger partial charge in [0.1, 0.15) is 5.69 Å². The van der Waals surface area contributed by atoms with Crippen LogP contribution in [-0.4, -0.2) is 22.1 Å². The molecule has 1 atom stereocenters. The minimum absolute atomic E-state index is 0.0721. The van der Waals surface area contributed by atoms with Crippen LogP contribution in [0.2, 0.25) is 0 Å². The second-order valence-electron chi connectivity index (χ2n) is 10.8. The van der Waals surface area contributed by atoms with Crippen molar-refractivity contribution in [1.82, 2.24) is 15.1 Å². The summed E-state index contributed by atoms with van der Waals surface area (Å²) in [5, 5.41) is 11.0. The largest absolute Gasteiger partial charge is 0.306 e. The van der Waals surface area contributed by atoms with Crippen molar-refractivity contribution in [3.05, 3.63) is 131 Å². The lowest BCUT2D eigenvalue weighted by Crippen LogP contribution is -2.24. The fourth-order valence-corrected chi connectivity index (χ4v) is 5.38. The predicted octanol–water partition coefficient (Wildman–Crippen LogP) is 7.41. The summed E-state index contributed by atoms with van der Waals surface area (Å²) in [7, 11) is 0. The van der Waals surface area contributed by atoms with Gasteiger partial charge in [-0.15, -0.1) is 0 Å². The van der Waals surface area contributed by atoms with E-state index in [4.69, 9.17) is 0 Å². The first-order chi connectivity index (χ1) is 19.1. The predicted molar refractivity (Wildman–Crippen MR) is 159 cm³/mol. The van der Waals surface area contributed by atoms with Gasteiger partial charge < -0.3 is 5.32 Å². The van der Waals surface area contributed by atoms with Crippen LogP contribution in [0.5, 0.6) is 0 Å². The highest BCUT2D eigenvalue weighted by atomic mass is 16.1. The van der Waals surface area contributed by atoms with E-state index in [0.717, 1.165) is 35.8 Å². The number of hydrogen-bond donors (Lipinski definition) is 1. The molecule has 1 saturated carbocycles. The van der Waals surface area contributed by atoms with Gasteiger partial charge in [0.2, 0.25) is 0 Å². The SMILES string of the molecule is CCc1cccc(-n2nc(C)cc2C(=O)Cc2cccc(C(NCC3CC3)c3ccc4ccccc4c3)c2)c1. The lowest BCUT2D eigenvalue weighted by Gasteiger charge is -2.21. The zero-order chi connectivity index (χ0) is 26.8. The Balaban J connectivity index is 1.29. The van der Waals surface area contributed by atoms with Crippen LogP contribution < -0.4 is 5.32 Å². The van der Waals surface area contributed by atoms with Crippen LogP contribution in [0.3, 0.4) is 0 Å². The fraction of sp³-hybridized carbons (Fsp3) is 0.257. The van der Waals surface area contributed by atoms with Gasteiger partial charge in [-0.1, -0.05) is 79.7 Å². The molecule has 0 aliphatic heterocycles. The monoisotopic (exact) mass is 513 g/mol. The summed E-state index contributed by atoms with van der Waals surface area (Å²) >= 11 is 0. The first-order valence-electron chi connectivity index (χ1n) is 14.1. The molecule has 6 rings (SSSR count). The quantitative estimate of drug-likeness (QED) is 0.198. The molecule has 0 saturated heterocycles. The van der Waals surface area contributed by atoms with Gasteiger partial charge in [-0.25, -0.2) is 4.68 Å². The number of rotatable bonds is 10. The van der Waals surface area contributed by atoms with Gasteiger partial charge >= 0.3 is 0 Å². The maximum absolute atomic E-state index is 13.6. The van der Waals surface area contributed by atoms with Crippen LogP contribution in [0.1, 0.15) is 64.2 Å². The number of fused-ring (bicyclic) bond motifs is 1. The van der Waals surface area contributed by atoms with Gasteiger partial charge in [-0.05, 0) is 95.9 Å². The van der Waals surface area contributed by atoms with Crippen molar-refractivity contribution < 1.29 is 4.79 Å².